The van der Waals surface area contributed by atoms with E-state index in [1.54, 1.807) is 36.4 Å². The Bertz CT molecular complexity index is 1130. The number of amides is 1. The summed E-state index contributed by atoms with van der Waals surface area (Å²) in [5.74, 6) is 1.24. The third-order valence-electron chi connectivity index (χ3n) is 5.78. The van der Waals surface area contributed by atoms with Gasteiger partial charge in [-0.2, -0.15) is 0 Å². The van der Waals surface area contributed by atoms with Crippen molar-refractivity contribution in [2.75, 3.05) is 23.3 Å². The lowest BCUT2D eigenvalue weighted by molar-refractivity contribution is -0.384. The first-order valence-corrected chi connectivity index (χ1v) is 10.6. The van der Waals surface area contributed by atoms with Gasteiger partial charge >= 0.3 is 0 Å². The van der Waals surface area contributed by atoms with E-state index in [0.29, 0.717) is 28.8 Å². The van der Waals surface area contributed by atoms with Crippen molar-refractivity contribution in [3.63, 3.8) is 0 Å². The predicted molar refractivity (Wildman–Crippen MR) is 122 cm³/mol. The molecule has 2 heterocycles. The molecule has 166 valence electrons. The molecule has 8 nitrogen and oxygen atoms in total. The number of nitrogens with one attached hydrogen (secondary N) is 1. The van der Waals surface area contributed by atoms with Crippen LogP contribution in [0.15, 0.2) is 59.0 Å². The summed E-state index contributed by atoms with van der Waals surface area (Å²) in [6, 6.07) is 15.0. The van der Waals surface area contributed by atoms with Gasteiger partial charge in [-0.15, -0.1) is 0 Å². The third kappa shape index (κ3) is 4.65. The number of hydrogen-bond donors (Lipinski definition) is 2. The van der Waals surface area contributed by atoms with Crippen LogP contribution >= 0.6 is 0 Å². The Morgan fingerprint density at radius 2 is 1.97 bits per heavy atom. The number of anilines is 2. The van der Waals surface area contributed by atoms with Crippen LogP contribution in [0.5, 0.6) is 0 Å². The maximum absolute atomic E-state index is 13.2. The van der Waals surface area contributed by atoms with Gasteiger partial charge in [0.05, 0.1) is 16.2 Å². The van der Waals surface area contributed by atoms with Crippen molar-refractivity contribution in [2.45, 2.75) is 26.4 Å². The van der Waals surface area contributed by atoms with Crippen LogP contribution in [-0.2, 0) is 6.61 Å². The van der Waals surface area contributed by atoms with E-state index in [4.69, 9.17) is 4.42 Å². The van der Waals surface area contributed by atoms with Crippen LogP contribution < -0.4 is 10.2 Å². The smallest absolute Gasteiger partial charge is 0.270 e. The minimum Gasteiger partial charge on any atom is -0.459 e. The summed E-state index contributed by atoms with van der Waals surface area (Å²) >= 11 is 0. The second-order valence-corrected chi connectivity index (χ2v) is 8.09. The molecular weight excluding hydrogens is 410 g/mol. The van der Waals surface area contributed by atoms with Gasteiger partial charge in [-0.1, -0.05) is 19.1 Å². The van der Waals surface area contributed by atoms with Crippen molar-refractivity contribution in [1.29, 1.82) is 0 Å². The number of piperidine rings is 1. The number of furan rings is 1. The van der Waals surface area contributed by atoms with Crippen molar-refractivity contribution < 1.29 is 19.2 Å². The number of carbonyl (C=O) groups excluding carboxylic acids is 1. The van der Waals surface area contributed by atoms with Crippen LogP contribution in [-0.4, -0.2) is 29.0 Å². The van der Waals surface area contributed by atoms with Crippen LogP contribution in [0.25, 0.3) is 11.3 Å². The van der Waals surface area contributed by atoms with Gasteiger partial charge < -0.3 is 19.7 Å². The van der Waals surface area contributed by atoms with Crippen LogP contribution in [0.2, 0.25) is 0 Å². The molecule has 1 aliphatic heterocycles. The van der Waals surface area contributed by atoms with Gasteiger partial charge in [0.1, 0.15) is 18.1 Å². The van der Waals surface area contributed by atoms with E-state index in [1.165, 1.54) is 12.1 Å². The molecular formula is C24H25N3O5. The molecule has 1 aliphatic rings. The highest BCUT2D eigenvalue weighted by molar-refractivity contribution is 6.08. The van der Waals surface area contributed by atoms with Crippen LogP contribution in [0.4, 0.5) is 17.1 Å². The number of non-ortho nitro benzene ring substituents is 1. The van der Waals surface area contributed by atoms with E-state index < -0.39 is 10.8 Å². The zero-order chi connectivity index (χ0) is 22.7. The normalized spacial score (nSPS) is 14.4. The van der Waals surface area contributed by atoms with Gasteiger partial charge in [0.25, 0.3) is 11.6 Å². The molecule has 0 unspecified atom stereocenters. The summed E-state index contributed by atoms with van der Waals surface area (Å²) in [6.45, 7) is 3.62. The molecule has 3 aromatic rings. The SMILES string of the molecule is CC1CCN(c2ccc([N+](=O)[O-])cc2C(=O)Nc2cccc(-c3ccc(CO)o3)c2)CC1. The number of nitrogens with zero attached hydrogens (tertiary/aromatic N) is 2. The van der Waals surface area contributed by atoms with Crippen molar-refractivity contribution in [3.05, 3.63) is 76.0 Å². The largest absolute Gasteiger partial charge is 0.459 e. The summed E-state index contributed by atoms with van der Waals surface area (Å²) < 4.78 is 5.57. The van der Waals surface area contributed by atoms with E-state index >= 15 is 0 Å². The van der Waals surface area contributed by atoms with Crippen LogP contribution in [0, 0.1) is 16.0 Å². The number of nitro groups is 1. The van der Waals surface area contributed by atoms with E-state index in [2.05, 4.69) is 17.1 Å². The first kappa shape index (κ1) is 21.6. The molecule has 0 atom stereocenters. The highest BCUT2D eigenvalue weighted by Crippen LogP contribution is 2.31. The minimum atomic E-state index is -0.491. The maximum Gasteiger partial charge on any atom is 0.270 e. The number of nitro benzene ring substituents is 1. The molecule has 0 saturated carbocycles. The lowest BCUT2D eigenvalue weighted by Gasteiger charge is -2.33. The quantitative estimate of drug-likeness (QED) is 0.424. The van der Waals surface area contributed by atoms with Gasteiger partial charge in [0.2, 0.25) is 0 Å². The van der Waals surface area contributed by atoms with E-state index in [-0.39, 0.29) is 17.9 Å². The van der Waals surface area contributed by atoms with Crippen LogP contribution in [0.3, 0.4) is 0 Å². The molecule has 8 heteroatoms. The fourth-order valence-corrected chi connectivity index (χ4v) is 3.91. The second-order valence-electron chi connectivity index (χ2n) is 8.09. The van der Waals surface area contributed by atoms with Crippen molar-refractivity contribution >= 4 is 23.0 Å². The average molecular weight is 435 g/mol. The Labute approximate surface area is 185 Å². The second kappa shape index (κ2) is 9.23. The highest BCUT2D eigenvalue weighted by atomic mass is 16.6. The molecule has 4 rings (SSSR count). The fraction of sp³-hybridized carbons (Fsp3) is 0.292. The summed E-state index contributed by atoms with van der Waals surface area (Å²) in [6.07, 6.45) is 2.03. The molecule has 0 spiro atoms. The van der Waals surface area contributed by atoms with Crippen molar-refractivity contribution in [1.82, 2.24) is 0 Å². The number of aliphatic hydroxyl groups is 1. The Kier molecular flexibility index (Phi) is 6.23. The summed E-state index contributed by atoms with van der Waals surface area (Å²) in [4.78, 5) is 26.2. The van der Waals surface area contributed by atoms with Gasteiger partial charge in [0, 0.05) is 36.5 Å². The molecule has 2 N–H and O–H groups in total. The predicted octanol–water partition coefficient (Wildman–Crippen LogP) is 4.84. The van der Waals surface area contributed by atoms with Crippen molar-refractivity contribution in [2.24, 2.45) is 5.92 Å². The number of hydrogen-bond acceptors (Lipinski definition) is 6. The zero-order valence-corrected chi connectivity index (χ0v) is 17.8. The molecule has 1 amide bonds. The fourth-order valence-electron chi connectivity index (χ4n) is 3.91. The number of benzene rings is 2. The Hall–Kier alpha value is -3.65. The monoisotopic (exact) mass is 435 g/mol. The lowest BCUT2D eigenvalue weighted by Crippen LogP contribution is -2.34. The van der Waals surface area contributed by atoms with Gasteiger partial charge in [-0.25, -0.2) is 0 Å². The molecule has 2 aromatic carbocycles. The molecule has 32 heavy (non-hydrogen) atoms. The topological polar surface area (TPSA) is 109 Å². The van der Waals surface area contributed by atoms with Crippen molar-refractivity contribution in [3.8, 4) is 11.3 Å². The Morgan fingerprint density at radius 3 is 2.66 bits per heavy atom. The lowest BCUT2D eigenvalue weighted by atomic mass is 9.97. The molecule has 1 aromatic heterocycles. The molecule has 0 bridgehead atoms. The first-order chi connectivity index (χ1) is 15.4. The minimum absolute atomic E-state index is 0.120. The summed E-state index contributed by atoms with van der Waals surface area (Å²) in [5, 5.41) is 23.4. The highest BCUT2D eigenvalue weighted by Gasteiger charge is 2.23. The average Bonchev–Trinajstić information content (AvgIpc) is 3.29. The first-order valence-electron chi connectivity index (χ1n) is 10.6. The molecule has 0 aliphatic carbocycles. The van der Waals surface area contributed by atoms with Gasteiger partial charge in [-0.05, 0) is 49.1 Å². The molecule has 1 saturated heterocycles. The Morgan fingerprint density at radius 1 is 1.19 bits per heavy atom. The number of carbonyl (C=O) groups is 1. The Balaban J connectivity index is 1.61. The van der Waals surface area contributed by atoms with E-state index in [1.807, 2.05) is 6.07 Å². The van der Waals surface area contributed by atoms with E-state index in [0.717, 1.165) is 31.5 Å². The zero-order valence-electron chi connectivity index (χ0n) is 17.8. The summed E-state index contributed by atoms with van der Waals surface area (Å²) in [7, 11) is 0. The number of aliphatic hydroxyl groups excluding tert-OH is 1. The van der Waals surface area contributed by atoms with Gasteiger partial charge in [0.15, 0.2) is 0 Å². The molecule has 0 radical (unpaired) electrons. The third-order valence-corrected chi connectivity index (χ3v) is 5.78. The standard InChI is InChI=1S/C24H25N3O5/c1-16-9-11-26(12-10-16)22-7-5-19(27(30)31)14-21(22)24(29)25-18-4-2-3-17(13-18)23-8-6-20(15-28)32-23/h2-8,13-14,16,28H,9-12,15H2,1H3,(H,25,29). The number of rotatable bonds is 6. The maximum atomic E-state index is 13.2. The van der Waals surface area contributed by atoms with Gasteiger partial charge in [-0.3, -0.25) is 14.9 Å². The molecule has 1 fully saturated rings. The van der Waals surface area contributed by atoms with E-state index in [9.17, 15) is 20.0 Å². The van der Waals surface area contributed by atoms with Crippen LogP contribution in [0.1, 0.15) is 35.9 Å². The summed E-state index contributed by atoms with van der Waals surface area (Å²) in [5.41, 5.74) is 2.14.